The maximum atomic E-state index is 12.3. The maximum absolute atomic E-state index is 12.3. The Balaban J connectivity index is 2.56. The highest BCUT2D eigenvalue weighted by molar-refractivity contribution is 5.92. The Morgan fingerprint density at radius 3 is 2.37 bits per heavy atom. The molecule has 4 nitrogen and oxygen atoms in total. The van der Waals surface area contributed by atoms with Gasteiger partial charge in [0.2, 0.25) is 0 Å². The summed E-state index contributed by atoms with van der Waals surface area (Å²) in [6.07, 6.45) is 2.89. The molecule has 1 heterocycles. The summed E-state index contributed by atoms with van der Waals surface area (Å²) in [5.74, 6) is 1.91. The van der Waals surface area contributed by atoms with Crippen LogP contribution in [-0.4, -0.2) is 14.2 Å². The van der Waals surface area contributed by atoms with Gasteiger partial charge in [0, 0.05) is 17.2 Å². The summed E-state index contributed by atoms with van der Waals surface area (Å²) in [6.45, 7) is 1.76. The van der Waals surface area contributed by atoms with Gasteiger partial charge < -0.3 is 13.9 Å². The monoisotopic (exact) mass is 260 g/mol. The fourth-order valence-electron chi connectivity index (χ4n) is 2.96. The molecule has 0 saturated heterocycles. The van der Waals surface area contributed by atoms with E-state index in [2.05, 4.69) is 0 Å². The van der Waals surface area contributed by atoms with E-state index < -0.39 is 0 Å². The van der Waals surface area contributed by atoms with Crippen molar-refractivity contribution in [1.82, 2.24) is 0 Å². The summed E-state index contributed by atoms with van der Waals surface area (Å²) in [5.41, 5.74) is 2.62. The van der Waals surface area contributed by atoms with Crippen molar-refractivity contribution < 1.29 is 13.9 Å². The van der Waals surface area contributed by atoms with Gasteiger partial charge in [-0.3, -0.25) is 4.79 Å². The average molecular weight is 260 g/mol. The third kappa shape index (κ3) is 1.63. The molecule has 4 heteroatoms. The summed E-state index contributed by atoms with van der Waals surface area (Å²) >= 11 is 0. The van der Waals surface area contributed by atoms with Gasteiger partial charge in [-0.05, 0) is 26.2 Å². The van der Waals surface area contributed by atoms with E-state index in [1.54, 1.807) is 21.1 Å². The second-order valence-electron chi connectivity index (χ2n) is 4.80. The zero-order chi connectivity index (χ0) is 13.6. The number of methoxy groups -OCH3 is 2. The molecule has 1 aromatic carbocycles. The molecule has 0 fully saturated rings. The highest BCUT2D eigenvalue weighted by Gasteiger charge is 2.27. The highest BCUT2D eigenvalue weighted by Crippen LogP contribution is 2.43. The van der Waals surface area contributed by atoms with Crippen LogP contribution >= 0.6 is 0 Å². The Kier molecular flexibility index (Phi) is 2.73. The topological polar surface area (TPSA) is 48.7 Å². The first-order chi connectivity index (χ1) is 9.17. The Hall–Kier alpha value is -1.97. The van der Waals surface area contributed by atoms with Crippen LogP contribution in [-0.2, 0) is 12.8 Å². The van der Waals surface area contributed by atoms with E-state index in [9.17, 15) is 4.79 Å². The summed E-state index contributed by atoms with van der Waals surface area (Å²) in [4.78, 5) is 12.3. The van der Waals surface area contributed by atoms with E-state index in [0.29, 0.717) is 28.2 Å². The largest absolute Gasteiger partial charge is 0.496 e. The van der Waals surface area contributed by atoms with Gasteiger partial charge in [-0.25, -0.2) is 0 Å². The molecular formula is C15H16O4. The van der Waals surface area contributed by atoms with E-state index in [1.165, 1.54) is 6.07 Å². The van der Waals surface area contributed by atoms with Gasteiger partial charge in [0.15, 0.2) is 16.8 Å². The number of rotatable bonds is 2. The maximum Gasteiger partial charge on any atom is 0.196 e. The van der Waals surface area contributed by atoms with Crippen molar-refractivity contribution in [2.24, 2.45) is 0 Å². The molecule has 2 aromatic rings. The summed E-state index contributed by atoms with van der Waals surface area (Å²) in [6, 6.07) is 1.49. The van der Waals surface area contributed by atoms with Crippen LogP contribution in [0.4, 0.5) is 0 Å². The molecule has 0 N–H and O–H groups in total. The molecule has 1 aliphatic carbocycles. The second kappa shape index (κ2) is 4.30. The van der Waals surface area contributed by atoms with Gasteiger partial charge in [-0.15, -0.1) is 0 Å². The Morgan fingerprint density at radius 2 is 1.74 bits per heavy atom. The first kappa shape index (κ1) is 12.1. The minimum absolute atomic E-state index is 0.0800. The first-order valence-corrected chi connectivity index (χ1v) is 6.37. The van der Waals surface area contributed by atoms with Crippen LogP contribution in [0.3, 0.4) is 0 Å². The van der Waals surface area contributed by atoms with E-state index in [0.717, 1.165) is 30.4 Å². The predicted molar refractivity (Wildman–Crippen MR) is 72.4 cm³/mol. The van der Waals surface area contributed by atoms with E-state index in [1.807, 2.05) is 0 Å². The van der Waals surface area contributed by atoms with Crippen molar-refractivity contribution in [2.45, 2.75) is 26.2 Å². The molecule has 1 aliphatic rings. The Bertz CT molecular complexity index is 712. The number of ether oxygens (including phenoxy) is 2. The van der Waals surface area contributed by atoms with Gasteiger partial charge in [0.05, 0.1) is 14.2 Å². The standard InChI is InChI=1S/C15H16O4/c1-8-7-11(16)12-13(17-2)9-5-4-6-10(9)14(18-3)15(12)19-8/h7H,4-6H2,1-3H3. The van der Waals surface area contributed by atoms with E-state index >= 15 is 0 Å². The number of benzene rings is 1. The molecule has 0 aliphatic heterocycles. The van der Waals surface area contributed by atoms with Crippen molar-refractivity contribution in [3.05, 3.63) is 33.2 Å². The van der Waals surface area contributed by atoms with Crippen LogP contribution in [0.2, 0.25) is 0 Å². The number of aryl methyl sites for hydroxylation is 1. The fraction of sp³-hybridized carbons (Fsp3) is 0.400. The SMILES string of the molecule is COc1c2c(c(OC)c3c(=O)cc(C)oc13)CCC2. The number of fused-ring (bicyclic) bond motifs is 2. The molecule has 0 atom stereocenters. The van der Waals surface area contributed by atoms with Gasteiger partial charge in [-0.2, -0.15) is 0 Å². The van der Waals surface area contributed by atoms with E-state index in [4.69, 9.17) is 13.9 Å². The highest BCUT2D eigenvalue weighted by atomic mass is 16.5. The molecule has 19 heavy (non-hydrogen) atoms. The molecular weight excluding hydrogens is 244 g/mol. The minimum atomic E-state index is -0.0800. The minimum Gasteiger partial charge on any atom is -0.496 e. The smallest absolute Gasteiger partial charge is 0.196 e. The molecule has 0 saturated carbocycles. The summed E-state index contributed by atoms with van der Waals surface area (Å²) in [7, 11) is 3.21. The molecule has 0 spiro atoms. The summed E-state index contributed by atoms with van der Waals surface area (Å²) < 4.78 is 16.7. The zero-order valence-corrected chi connectivity index (χ0v) is 11.3. The van der Waals surface area contributed by atoms with Gasteiger partial charge in [0.25, 0.3) is 0 Å². The Morgan fingerprint density at radius 1 is 1.11 bits per heavy atom. The van der Waals surface area contributed by atoms with Crippen LogP contribution in [0.15, 0.2) is 15.3 Å². The second-order valence-corrected chi connectivity index (χ2v) is 4.80. The normalized spacial score (nSPS) is 13.6. The lowest BCUT2D eigenvalue weighted by Crippen LogP contribution is -2.07. The van der Waals surface area contributed by atoms with Crippen molar-refractivity contribution in [2.75, 3.05) is 14.2 Å². The van der Waals surface area contributed by atoms with Crippen molar-refractivity contribution in [3.63, 3.8) is 0 Å². The number of hydrogen-bond acceptors (Lipinski definition) is 4. The lowest BCUT2D eigenvalue weighted by atomic mass is 10.0. The Labute approximate surface area is 110 Å². The molecule has 0 amide bonds. The molecule has 0 radical (unpaired) electrons. The fourth-order valence-corrected chi connectivity index (χ4v) is 2.96. The lowest BCUT2D eigenvalue weighted by molar-refractivity contribution is 0.395. The van der Waals surface area contributed by atoms with Crippen LogP contribution < -0.4 is 14.9 Å². The van der Waals surface area contributed by atoms with Crippen LogP contribution in [0.5, 0.6) is 11.5 Å². The van der Waals surface area contributed by atoms with Crippen LogP contribution in [0, 0.1) is 6.92 Å². The van der Waals surface area contributed by atoms with Crippen molar-refractivity contribution in [3.8, 4) is 11.5 Å². The predicted octanol–water partition coefficient (Wildman–Crippen LogP) is 2.61. The average Bonchev–Trinajstić information content (AvgIpc) is 2.84. The van der Waals surface area contributed by atoms with Gasteiger partial charge >= 0.3 is 0 Å². The molecule has 1 aromatic heterocycles. The van der Waals surface area contributed by atoms with Gasteiger partial charge in [0.1, 0.15) is 16.9 Å². The van der Waals surface area contributed by atoms with Crippen LogP contribution in [0.25, 0.3) is 11.0 Å². The zero-order valence-electron chi connectivity index (χ0n) is 11.3. The van der Waals surface area contributed by atoms with E-state index in [-0.39, 0.29) is 5.43 Å². The lowest BCUT2D eigenvalue weighted by Gasteiger charge is -2.15. The molecule has 3 rings (SSSR count). The third-order valence-electron chi connectivity index (χ3n) is 3.68. The van der Waals surface area contributed by atoms with Crippen molar-refractivity contribution >= 4 is 11.0 Å². The first-order valence-electron chi connectivity index (χ1n) is 6.37. The van der Waals surface area contributed by atoms with Gasteiger partial charge in [-0.1, -0.05) is 0 Å². The molecule has 0 bridgehead atoms. The third-order valence-corrected chi connectivity index (χ3v) is 3.68. The quantitative estimate of drug-likeness (QED) is 0.832. The van der Waals surface area contributed by atoms with Crippen molar-refractivity contribution in [1.29, 1.82) is 0 Å². The molecule has 100 valence electrons. The number of hydrogen-bond donors (Lipinski definition) is 0. The molecule has 0 unspecified atom stereocenters. The van der Waals surface area contributed by atoms with Crippen LogP contribution in [0.1, 0.15) is 23.3 Å². The summed E-state index contributed by atoms with van der Waals surface area (Å²) in [5, 5.41) is 0.491.